The zero-order chi connectivity index (χ0) is 19.1. The molecule has 8 heteroatoms. The van der Waals surface area contributed by atoms with Gasteiger partial charge >= 0.3 is 5.97 Å². The molecule has 0 amide bonds. The van der Waals surface area contributed by atoms with Gasteiger partial charge in [-0.1, -0.05) is 36.2 Å². The average molecular weight is 528 g/mol. The summed E-state index contributed by atoms with van der Waals surface area (Å²) in [5, 5.41) is 4.68. The second-order valence-corrected chi connectivity index (χ2v) is 7.33. The SMILES string of the molecule is CCNC(=NCC(C)c1c(Cl)cccc1Cl)N1CCC(C(=O)OC)CC1.I. The maximum atomic E-state index is 11.7. The van der Waals surface area contributed by atoms with E-state index in [1.54, 1.807) is 0 Å². The van der Waals surface area contributed by atoms with Gasteiger partial charge in [-0.3, -0.25) is 9.79 Å². The van der Waals surface area contributed by atoms with Gasteiger partial charge in [0.1, 0.15) is 0 Å². The average Bonchev–Trinajstić information content (AvgIpc) is 2.64. The molecule has 0 bridgehead atoms. The molecule has 5 nitrogen and oxygen atoms in total. The Hall–Kier alpha value is -0.730. The summed E-state index contributed by atoms with van der Waals surface area (Å²) in [6.07, 6.45) is 1.56. The number of hydrogen-bond acceptors (Lipinski definition) is 3. The molecule has 0 spiro atoms. The lowest BCUT2D eigenvalue weighted by Gasteiger charge is -2.33. The van der Waals surface area contributed by atoms with Crippen LogP contribution in [0.3, 0.4) is 0 Å². The summed E-state index contributed by atoms with van der Waals surface area (Å²) in [6.45, 7) is 7.06. The van der Waals surface area contributed by atoms with Crippen LogP contribution in [0.1, 0.15) is 38.2 Å². The number of nitrogens with zero attached hydrogens (tertiary/aromatic N) is 2. The highest BCUT2D eigenvalue weighted by Crippen LogP contribution is 2.31. The third-order valence-electron chi connectivity index (χ3n) is 4.67. The lowest BCUT2D eigenvalue weighted by Crippen LogP contribution is -2.46. The highest BCUT2D eigenvalue weighted by molar-refractivity contribution is 14.0. The lowest BCUT2D eigenvalue weighted by molar-refractivity contribution is -0.146. The summed E-state index contributed by atoms with van der Waals surface area (Å²) >= 11 is 12.6. The van der Waals surface area contributed by atoms with Crippen LogP contribution in [0.2, 0.25) is 10.0 Å². The molecule has 27 heavy (non-hydrogen) atoms. The van der Waals surface area contributed by atoms with Crippen molar-refractivity contribution < 1.29 is 9.53 Å². The summed E-state index contributed by atoms with van der Waals surface area (Å²) in [5.41, 5.74) is 0.930. The smallest absolute Gasteiger partial charge is 0.308 e. The van der Waals surface area contributed by atoms with E-state index in [2.05, 4.69) is 17.1 Å². The minimum absolute atomic E-state index is 0. The molecule has 1 heterocycles. The number of guanidine groups is 1. The molecule has 1 aromatic rings. The quantitative estimate of drug-likeness (QED) is 0.264. The first kappa shape index (κ1) is 24.3. The molecular formula is C19H28Cl2IN3O2. The second-order valence-electron chi connectivity index (χ2n) is 6.52. The Bertz CT molecular complexity index is 630. The van der Waals surface area contributed by atoms with Crippen molar-refractivity contribution in [1.29, 1.82) is 0 Å². The fourth-order valence-corrected chi connectivity index (χ4v) is 3.99. The molecule has 0 saturated carbocycles. The summed E-state index contributed by atoms with van der Waals surface area (Å²) in [7, 11) is 1.45. The van der Waals surface area contributed by atoms with E-state index >= 15 is 0 Å². The van der Waals surface area contributed by atoms with Crippen LogP contribution in [0.15, 0.2) is 23.2 Å². The van der Waals surface area contributed by atoms with E-state index in [-0.39, 0.29) is 41.8 Å². The number of rotatable bonds is 5. The Morgan fingerprint density at radius 1 is 1.33 bits per heavy atom. The summed E-state index contributed by atoms with van der Waals surface area (Å²) in [6, 6.07) is 5.55. The molecule has 1 N–H and O–H groups in total. The van der Waals surface area contributed by atoms with Crippen LogP contribution in [0.4, 0.5) is 0 Å². The molecule has 0 aliphatic carbocycles. The van der Waals surface area contributed by atoms with Crippen molar-refractivity contribution in [3.63, 3.8) is 0 Å². The summed E-state index contributed by atoms with van der Waals surface area (Å²) in [4.78, 5) is 18.7. The number of methoxy groups -OCH3 is 1. The van der Waals surface area contributed by atoms with Gasteiger partial charge in [0.15, 0.2) is 5.96 Å². The zero-order valence-electron chi connectivity index (χ0n) is 16.0. The van der Waals surface area contributed by atoms with Crippen LogP contribution in [-0.4, -0.2) is 50.1 Å². The molecule has 0 aromatic heterocycles. The molecule has 1 aromatic carbocycles. The van der Waals surface area contributed by atoms with Gasteiger partial charge in [0.2, 0.25) is 0 Å². The molecule has 152 valence electrons. The normalized spacial score (nSPS) is 16.5. The number of hydrogen-bond donors (Lipinski definition) is 1. The third-order valence-corrected chi connectivity index (χ3v) is 5.33. The van der Waals surface area contributed by atoms with Crippen LogP contribution in [0.5, 0.6) is 0 Å². The first-order valence-electron chi connectivity index (χ1n) is 9.02. The number of ether oxygens (including phenoxy) is 1. The molecular weight excluding hydrogens is 500 g/mol. The number of halogens is 3. The lowest BCUT2D eigenvalue weighted by atomic mass is 9.97. The fourth-order valence-electron chi connectivity index (χ4n) is 3.22. The van der Waals surface area contributed by atoms with Crippen molar-refractivity contribution in [1.82, 2.24) is 10.2 Å². The number of esters is 1. The Kier molecular flexibility index (Phi) is 10.8. The number of carbonyl (C=O) groups excluding carboxylic acids is 1. The first-order chi connectivity index (χ1) is 12.5. The third kappa shape index (κ3) is 6.68. The van der Waals surface area contributed by atoms with Gasteiger partial charge in [0.25, 0.3) is 0 Å². The number of nitrogens with one attached hydrogen (secondary N) is 1. The molecule has 1 atom stereocenters. The Labute approximate surface area is 188 Å². The number of benzene rings is 1. The summed E-state index contributed by atoms with van der Waals surface area (Å²) in [5.74, 6) is 0.844. The van der Waals surface area contributed by atoms with Crippen LogP contribution in [-0.2, 0) is 9.53 Å². The maximum absolute atomic E-state index is 11.7. The second kappa shape index (κ2) is 12.0. The molecule has 1 fully saturated rings. The van der Waals surface area contributed by atoms with Crippen molar-refractivity contribution in [2.45, 2.75) is 32.6 Å². The molecule has 1 saturated heterocycles. The van der Waals surface area contributed by atoms with Crippen LogP contribution < -0.4 is 5.32 Å². The van der Waals surface area contributed by atoms with E-state index in [0.717, 1.165) is 44.0 Å². The van der Waals surface area contributed by atoms with Gasteiger partial charge in [-0.05, 0) is 37.5 Å². The number of carbonyl (C=O) groups is 1. The van der Waals surface area contributed by atoms with Gasteiger partial charge in [0.05, 0.1) is 13.0 Å². The van der Waals surface area contributed by atoms with E-state index < -0.39 is 0 Å². The maximum Gasteiger partial charge on any atom is 0.308 e. The first-order valence-corrected chi connectivity index (χ1v) is 9.78. The number of piperidine rings is 1. The fraction of sp³-hybridized carbons (Fsp3) is 0.579. The minimum Gasteiger partial charge on any atom is -0.469 e. The molecule has 0 radical (unpaired) electrons. The molecule has 1 aliphatic heterocycles. The number of likely N-dealkylation sites (tertiary alicyclic amines) is 1. The van der Waals surface area contributed by atoms with Crippen molar-refractivity contribution >= 4 is 59.1 Å². The van der Waals surface area contributed by atoms with Crippen molar-refractivity contribution in [2.75, 3.05) is 33.3 Å². The monoisotopic (exact) mass is 527 g/mol. The topological polar surface area (TPSA) is 53.9 Å². The predicted molar refractivity (Wildman–Crippen MR) is 123 cm³/mol. The van der Waals surface area contributed by atoms with Gasteiger partial charge in [-0.15, -0.1) is 24.0 Å². The zero-order valence-corrected chi connectivity index (χ0v) is 19.8. The summed E-state index contributed by atoms with van der Waals surface area (Å²) < 4.78 is 4.85. The molecule has 1 aliphatic rings. The van der Waals surface area contributed by atoms with Gasteiger partial charge in [-0.2, -0.15) is 0 Å². The van der Waals surface area contributed by atoms with Crippen molar-refractivity contribution in [3.05, 3.63) is 33.8 Å². The van der Waals surface area contributed by atoms with E-state index in [4.69, 9.17) is 32.9 Å². The Morgan fingerprint density at radius 3 is 2.44 bits per heavy atom. The highest BCUT2D eigenvalue weighted by atomic mass is 127. The van der Waals surface area contributed by atoms with Crippen LogP contribution >= 0.6 is 47.2 Å². The largest absolute Gasteiger partial charge is 0.469 e. The van der Waals surface area contributed by atoms with Gasteiger partial charge < -0.3 is 15.0 Å². The Morgan fingerprint density at radius 2 is 1.93 bits per heavy atom. The molecule has 2 rings (SSSR count). The van der Waals surface area contributed by atoms with Crippen molar-refractivity contribution in [2.24, 2.45) is 10.9 Å². The Balaban J connectivity index is 0.00000364. The predicted octanol–water partition coefficient (Wildman–Crippen LogP) is 4.57. The van der Waals surface area contributed by atoms with Gasteiger partial charge in [0, 0.05) is 42.1 Å². The van der Waals surface area contributed by atoms with E-state index in [9.17, 15) is 4.79 Å². The minimum atomic E-state index is -0.117. The van der Waals surface area contributed by atoms with Crippen molar-refractivity contribution in [3.8, 4) is 0 Å². The number of aliphatic imine (C=N–C) groups is 1. The van der Waals surface area contributed by atoms with Crippen LogP contribution in [0.25, 0.3) is 0 Å². The van der Waals surface area contributed by atoms with Gasteiger partial charge in [-0.25, -0.2) is 0 Å². The van der Waals surface area contributed by atoms with Crippen LogP contribution in [0, 0.1) is 5.92 Å². The standard InChI is InChI=1S/C19H27Cl2N3O2.HI/c1-4-22-19(24-10-8-14(9-11-24)18(25)26-3)23-12-13(2)17-15(20)6-5-7-16(17)21;/h5-7,13-14H,4,8-12H2,1-3H3,(H,22,23);1H. The van der Waals surface area contributed by atoms with E-state index in [1.807, 2.05) is 25.1 Å². The molecule has 1 unspecified atom stereocenters. The van der Waals surface area contributed by atoms with E-state index in [0.29, 0.717) is 16.6 Å². The van der Waals surface area contributed by atoms with E-state index in [1.165, 1.54) is 7.11 Å². The highest BCUT2D eigenvalue weighted by Gasteiger charge is 2.27.